The van der Waals surface area contributed by atoms with E-state index in [1.807, 2.05) is 30.3 Å². The van der Waals surface area contributed by atoms with Crippen molar-refractivity contribution in [3.63, 3.8) is 0 Å². The van der Waals surface area contributed by atoms with Gasteiger partial charge in [0, 0.05) is 6.42 Å². The fourth-order valence-corrected chi connectivity index (χ4v) is 2.41. The molecule has 21 heavy (non-hydrogen) atoms. The first-order chi connectivity index (χ1) is 10.3. The molecule has 1 aromatic carbocycles. The third-order valence-electron chi connectivity index (χ3n) is 3.53. The van der Waals surface area contributed by atoms with Gasteiger partial charge in [0.15, 0.2) is 0 Å². The molecule has 0 radical (unpaired) electrons. The summed E-state index contributed by atoms with van der Waals surface area (Å²) in [5, 5.41) is 13.8. The van der Waals surface area contributed by atoms with Gasteiger partial charge in [0.1, 0.15) is 0 Å². The highest BCUT2D eigenvalue weighted by Gasteiger charge is 2.22. The Kier molecular flexibility index (Phi) is 4.25. The van der Waals surface area contributed by atoms with E-state index in [-0.39, 0.29) is 18.0 Å². The van der Waals surface area contributed by atoms with Gasteiger partial charge in [-0.25, -0.2) is 0 Å². The Labute approximate surface area is 123 Å². The molecule has 0 bridgehead atoms. The van der Waals surface area contributed by atoms with Gasteiger partial charge in [-0.1, -0.05) is 35.4 Å². The Bertz CT molecular complexity index is 591. The predicted molar refractivity (Wildman–Crippen MR) is 77.7 cm³/mol. The van der Waals surface area contributed by atoms with Gasteiger partial charge in [0.2, 0.25) is 11.8 Å². The molecule has 2 heterocycles. The molecule has 1 saturated heterocycles. The summed E-state index contributed by atoms with van der Waals surface area (Å²) < 4.78 is 5.47. The molecule has 110 valence electrons. The molecule has 1 aliphatic heterocycles. The number of aryl methyl sites for hydroxylation is 1. The zero-order valence-corrected chi connectivity index (χ0v) is 11.7. The summed E-state index contributed by atoms with van der Waals surface area (Å²) in [6, 6.07) is 10.2. The van der Waals surface area contributed by atoms with Gasteiger partial charge in [-0.2, -0.15) is 0 Å². The molecule has 1 amide bonds. The molecule has 2 aromatic rings. The van der Waals surface area contributed by atoms with Crippen LogP contribution in [0.5, 0.6) is 0 Å². The van der Waals surface area contributed by atoms with Gasteiger partial charge in [-0.05, 0) is 31.4 Å². The first kappa shape index (κ1) is 13.8. The monoisotopic (exact) mass is 286 g/mol. The number of nitrogens with zero attached hydrogens (tertiary/aromatic N) is 2. The lowest BCUT2D eigenvalue weighted by Gasteiger charge is -2.03. The van der Waals surface area contributed by atoms with Crippen LogP contribution in [0, 0.1) is 0 Å². The zero-order valence-electron chi connectivity index (χ0n) is 11.7. The van der Waals surface area contributed by atoms with E-state index < -0.39 is 0 Å². The summed E-state index contributed by atoms with van der Waals surface area (Å²) in [4.78, 5) is 11.9. The standard InChI is InChI=1S/C15H18N4O2/c20-13(9-8-11-5-2-1-3-6-11)17-15-19-18-14(21-15)12-7-4-10-16-12/h1-3,5-6,12,16H,4,7-10H2,(H,17,19,20). The predicted octanol–water partition coefficient (Wildman–Crippen LogP) is 2.07. The Morgan fingerprint density at radius 2 is 2.19 bits per heavy atom. The average Bonchev–Trinajstić information content (AvgIpc) is 3.17. The van der Waals surface area contributed by atoms with Crippen molar-refractivity contribution in [2.45, 2.75) is 31.7 Å². The molecule has 6 heteroatoms. The Morgan fingerprint density at radius 3 is 2.95 bits per heavy atom. The van der Waals surface area contributed by atoms with E-state index >= 15 is 0 Å². The number of anilines is 1. The molecule has 0 aliphatic carbocycles. The van der Waals surface area contributed by atoms with Crippen molar-refractivity contribution in [2.24, 2.45) is 0 Å². The molecule has 1 aromatic heterocycles. The van der Waals surface area contributed by atoms with E-state index in [0.717, 1.165) is 24.9 Å². The summed E-state index contributed by atoms with van der Waals surface area (Å²) in [5.74, 6) is 0.430. The van der Waals surface area contributed by atoms with E-state index in [1.165, 1.54) is 0 Å². The van der Waals surface area contributed by atoms with Gasteiger partial charge in [-0.15, -0.1) is 5.10 Å². The second-order valence-electron chi connectivity index (χ2n) is 5.13. The van der Waals surface area contributed by atoms with Crippen LogP contribution < -0.4 is 10.6 Å². The SMILES string of the molecule is O=C(CCc1ccccc1)Nc1nnc(C2CCCN2)o1. The number of amides is 1. The summed E-state index contributed by atoms with van der Waals surface area (Å²) in [6.07, 6.45) is 3.18. The first-order valence-corrected chi connectivity index (χ1v) is 7.22. The second-order valence-corrected chi connectivity index (χ2v) is 5.13. The van der Waals surface area contributed by atoms with Crippen LogP contribution in [-0.2, 0) is 11.2 Å². The Morgan fingerprint density at radius 1 is 1.33 bits per heavy atom. The van der Waals surface area contributed by atoms with E-state index in [9.17, 15) is 4.79 Å². The summed E-state index contributed by atoms with van der Waals surface area (Å²) in [6.45, 7) is 0.964. The van der Waals surface area contributed by atoms with Crippen LogP contribution >= 0.6 is 0 Å². The van der Waals surface area contributed by atoms with Crippen molar-refractivity contribution in [2.75, 3.05) is 11.9 Å². The molecule has 1 unspecified atom stereocenters. The fraction of sp³-hybridized carbons (Fsp3) is 0.400. The lowest BCUT2D eigenvalue weighted by molar-refractivity contribution is -0.116. The van der Waals surface area contributed by atoms with Crippen LogP contribution in [0.4, 0.5) is 6.01 Å². The van der Waals surface area contributed by atoms with E-state index in [4.69, 9.17) is 4.42 Å². The molecule has 0 spiro atoms. The van der Waals surface area contributed by atoms with Crippen LogP contribution in [0.3, 0.4) is 0 Å². The van der Waals surface area contributed by atoms with Crippen LogP contribution in [0.25, 0.3) is 0 Å². The fourth-order valence-electron chi connectivity index (χ4n) is 2.41. The second kappa shape index (κ2) is 6.49. The third kappa shape index (κ3) is 3.66. The number of aromatic nitrogens is 2. The van der Waals surface area contributed by atoms with Crippen LogP contribution in [0.2, 0.25) is 0 Å². The van der Waals surface area contributed by atoms with Gasteiger partial charge >= 0.3 is 6.01 Å². The van der Waals surface area contributed by atoms with E-state index in [0.29, 0.717) is 18.7 Å². The normalized spacial score (nSPS) is 17.8. The van der Waals surface area contributed by atoms with Crippen molar-refractivity contribution < 1.29 is 9.21 Å². The van der Waals surface area contributed by atoms with Crippen molar-refractivity contribution in [3.05, 3.63) is 41.8 Å². The molecule has 0 saturated carbocycles. The highest BCUT2D eigenvalue weighted by Crippen LogP contribution is 2.22. The van der Waals surface area contributed by atoms with Crippen LogP contribution in [0.15, 0.2) is 34.7 Å². The minimum atomic E-state index is -0.117. The minimum Gasteiger partial charge on any atom is -0.406 e. The van der Waals surface area contributed by atoms with Gasteiger partial charge in [0.05, 0.1) is 6.04 Å². The third-order valence-corrected chi connectivity index (χ3v) is 3.53. The molecule has 3 rings (SSSR count). The van der Waals surface area contributed by atoms with Crippen molar-refractivity contribution in [1.82, 2.24) is 15.5 Å². The number of hydrogen-bond donors (Lipinski definition) is 2. The number of nitrogens with one attached hydrogen (secondary N) is 2. The maximum atomic E-state index is 11.9. The number of carbonyl (C=O) groups is 1. The quantitative estimate of drug-likeness (QED) is 0.879. The number of hydrogen-bond acceptors (Lipinski definition) is 5. The Balaban J connectivity index is 1.50. The Hall–Kier alpha value is -2.21. The minimum absolute atomic E-state index is 0.117. The number of benzene rings is 1. The molecule has 6 nitrogen and oxygen atoms in total. The molecule has 2 N–H and O–H groups in total. The van der Waals surface area contributed by atoms with Crippen LogP contribution in [0.1, 0.15) is 36.8 Å². The molecular formula is C15H18N4O2. The highest BCUT2D eigenvalue weighted by molar-refractivity contribution is 5.88. The van der Waals surface area contributed by atoms with Crippen LogP contribution in [-0.4, -0.2) is 22.6 Å². The lowest BCUT2D eigenvalue weighted by Crippen LogP contribution is -2.13. The highest BCUT2D eigenvalue weighted by atomic mass is 16.4. The summed E-state index contributed by atoms with van der Waals surface area (Å²) in [7, 11) is 0. The number of rotatable bonds is 5. The molecule has 1 atom stereocenters. The van der Waals surface area contributed by atoms with E-state index in [2.05, 4.69) is 20.8 Å². The molecular weight excluding hydrogens is 268 g/mol. The average molecular weight is 286 g/mol. The van der Waals surface area contributed by atoms with E-state index in [1.54, 1.807) is 0 Å². The zero-order chi connectivity index (χ0) is 14.5. The largest absolute Gasteiger partial charge is 0.406 e. The topological polar surface area (TPSA) is 80.0 Å². The molecule has 1 fully saturated rings. The van der Waals surface area contributed by atoms with Crippen molar-refractivity contribution >= 4 is 11.9 Å². The van der Waals surface area contributed by atoms with Crippen molar-refractivity contribution in [1.29, 1.82) is 0 Å². The number of carbonyl (C=O) groups excluding carboxylic acids is 1. The molecule has 1 aliphatic rings. The maximum absolute atomic E-state index is 11.9. The van der Waals surface area contributed by atoms with Crippen molar-refractivity contribution in [3.8, 4) is 0 Å². The summed E-state index contributed by atoms with van der Waals surface area (Å²) >= 11 is 0. The van der Waals surface area contributed by atoms with Gasteiger partial charge < -0.3 is 9.73 Å². The van der Waals surface area contributed by atoms with Gasteiger partial charge in [0.25, 0.3) is 0 Å². The van der Waals surface area contributed by atoms with Gasteiger partial charge in [-0.3, -0.25) is 10.1 Å². The first-order valence-electron chi connectivity index (χ1n) is 7.22. The summed E-state index contributed by atoms with van der Waals surface area (Å²) in [5.41, 5.74) is 1.13. The maximum Gasteiger partial charge on any atom is 0.322 e. The lowest BCUT2D eigenvalue weighted by atomic mass is 10.1. The smallest absolute Gasteiger partial charge is 0.322 e.